The molecule has 7 N–H and O–H groups in total. The van der Waals surface area contributed by atoms with Crippen molar-refractivity contribution in [1.29, 1.82) is 0 Å². The number of aliphatic hydroxyl groups is 6. The fourth-order valence-electron chi connectivity index (χ4n) is 4.08. The van der Waals surface area contributed by atoms with E-state index in [-0.39, 0.29) is 6.42 Å². The fraction of sp³-hybridized carbons (Fsp3) is 0.815. The number of hydrogen-bond acceptors (Lipinski definition) is 11. The van der Waals surface area contributed by atoms with E-state index in [2.05, 4.69) is 40.3 Å². The lowest BCUT2D eigenvalue weighted by atomic mass is 9.85. The van der Waals surface area contributed by atoms with Crippen LogP contribution >= 0.6 is 7.82 Å². The molecular formula is C27H49O12P. The Balaban J connectivity index is 2.11. The molecule has 1 fully saturated rings. The highest BCUT2D eigenvalue weighted by molar-refractivity contribution is 7.47. The van der Waals surface area contributed by atoms with Crippen molar-refractivity contribution in [2.45, 2.75) is 127 Å². The average Bonchev–Trinajstić information content (AvgIpc) is 2.93. The largest absolute Gasteiger partial charge is 0.472 e. The first kappa shape index (κ1) is 36.8. The monoisotopic (exact) mass is 596 g/mol. The third-order valence-corrected chi connectivity index (χ3v) is 7.51. The Hall–Kier alpha value is -1.18. The SMILES string of the molecule is CCCCC/C=C\C/C=C\CCCCCCCC(=O)OC[C@@H](O)COP(=O)(O)OC1C(O)C(O)C(O)[C@@H](O)C1O. The number of carbonyl (C=O) groups excluding carboxylic acids is 1. The molecule has 6 unspecified atom stereocenters. The van der Waals surface area contributed by atoms with Gasteiger partial charge in [0.1, 0.15) is 49.3 Å². The minimum absolute atomic E-state index is 0.174. The summed E-state index contributed by atoms with van der Waals surface area (Å²) < 4.78 is 26.3. The van der Waals surface area contributed by atoms with Gasteiger partial charge in [-0.1, -0.05) is 63.3 Å². The van der Waals surface area contributed by atoms with Crippen molar-refractivity contribution < 1.29 is 58.7 Å². The van der Waals surface area contributed by atoms with Crippen LogP contribution in [0.4, 0.5) is 0 Å². The van der Waals surface area contributed by atoms with Gasteiger partial charge in [0.15, 0.2) is 0 Å². The van der Waals surface area contributed by atoms with Crippen LogP contribution in [0.3, 0.4) is 0 Å². The number of allylic oxidation sites excluding steroid dienone is 4. The number of aliphatic hydroxyl groups excluding tert-OH is 6. The van der Waals surface area contributed by atoms with Gasteiger partial charge in [-0.05, 0) is 38.5 Å². The Bertz CT molecular complexity index is 775. The van der Waals surface area contributed by atoms with Gasteiger partial charge in [0.05, 0.1) is 6.61 Å². The third-order valence-electron chi connectivity index (χ3n) is 6.53. The van der Waals surface area contributed by atoms with E-state index in [4.69, 9.17) is 4.74 Å². The molecule has 40 heavy (non-hydrogen) atoms. The first-order valence-electron chi connectivity index (χ1n) is 14.2. The molecule has 1 aliphatic carbocycles. The molecule has 8 atom stereocenters. The van der Waals surface area contributed by atoms with Crippen LogP contribution in [0.15, 0.2) is 24.3 Å². The summed E-state index contributed by atoms with van der Waals surface area (Å²) in [7, 11) is -4.99. The Morgan fingerprint density at radius 2 is 1.30 bits per heavy atom. The van der Waals surface area contributed by atoms with Gasteiger partial charge < -0.3 is 40.3 Å². The summed E-state index contributed by atoms with van der Waals surface area (Å²) in [6, 6.07) is 0. The highest BCUT2D eigenvalue weighted by Crippen LogP contribution is 2.47. The summed E-state index contributed by atoms with van der Waals surface area (Å²) in [6.45, 7) is 0.932. The molecule has 1 aliphatic rings. The second-order valence-electron chi connectivity index (χ2n) is 10.1. The van der Waals surface area contributed by atoms with E-state index >= 15 is 0 Å². The Morgan fingerprint density at radius 3 is 1.90 bits per heavy atom. The summed E-state index contributed by atoms with van der Waals surface area (Å²) >= 11 is 0. The maximum absolute atomic E-state index is 12.1. The summed E-state index contributed by atoms with van der Waals surface area (Å²) in [4.78, 5) is 21.7. The van der Waals surface area contributed by atoms with Crippen molar-refractivity contribution in [3.05, 3.63) is 24.3 Å². The zero-order valence-corrected chi connectivity index (χ0v) is 24.3. The number of ether oxygens (including phenoxy) is 1. The summed E-state index contributed by atoms with van der Waals surface area (Å²) in [6.07, 6.45) is 7.40. The standard InChI is InChI=1S/C27H49O12P/c1-2-3-4-5-6-7-8-9-10-11-12-13-14-15-16-17-21(29)37-18-20(28)19-38-40(35,36)39-27-25(33)23(31)22(30)24(32)26(27)34/h6-7,9-10,20,22-28,30-34H,2-5,8,11-19H2,1H3,(H,35,36)/b7-6-,10-9-/t20-,22?,23-,24?,25?,26?,27?/m1/s1. The van der Waals surface area contributed by atoms with Crippen LogP contribution in [0, 0.1) is 0 Å². The van der Waals surface area contributed by atoms with Crippen LogP contribution in [-0.2, 0) is 23.1 Å². The van der Waals surface area contributed by atoms with Gasteiger partial charge in [-0.2, -0.15) is 0 Å². The predicted molar refractivity (Wildman–Crippen MR) is 147 cm³/mol. The highest BCUT2D eigenvalue weighted by Gasteiger charge is 2.51. The van der Waals surface area contributed by atoms with Crippen molar-refractivity contribution in [1.82, 2.24) is 0 Å². The third kappa shape index (κ3) is 15.2. The molecular weight excluding hydrogens is 547 g/mol. The van der Waals surface area contributed by atoms with E-state index in [1.807, 2.05) is 0 Å². The van der Waals surface area contributed by atoms with E-state index in [9.17, 15) is 44.9 Å². The number of unbranched alkanes of at least 4 members (excludes halogenated alkanes) is 8. The molecule has 0 spiro atoms. The minimum atomic E-state index is -4.99. The van der Waals surface area contributed by atoms with E-state index < -0.39 is 69.7 Å². The number of carbonyl (C=O) groups is 1. The topological polar surface area (TPSA) is 203 Å². The van der Waals surface area contributed by atoms with Crippen molar-refractivity contribution >= 4 is 13.8 Å². The van der Waals surface area contributed by atoms with Crippen LogP contribution < -0.4 is 0 Å². The molecule has 1 saturated carbocycles. The normalized spacial score (nSPS) is 27.7. The van der Waals surface area contributed by atoms with E-state index in [0.29, 0.717) is 6.42 Å². The van der Waals surface area contributed by atoms with Crippen molar-refractivity contribution in [3.8, 4) is 0 Å². The molecule has 0 aliphatic heterocycles. The zero-order valence-electron chi connectivity index (χ0n) is 23.4. The van der Waals surface area contributed by atoms with Crippen LogP contribution in [-0.4, -0.2) is 97.4 Å². The smallest absolute Gasteiger partial charge is 0.463 e. The number of hydrogen-bond donors (Lipinski definition) is 7. The van der Waals surface area contributed by atoms with Gasteiger partial charge in [-0.3, -0.25) is 13.8 Å². The molecule has 0 aromatic heterocycles. The lowest BCUT2D eigenvalue weighted by Crippen LogP contribution is -2.64. The van der Waals surface area contributed by atoms with Crippen molar-refractivity contribution in [2.24, 2.45) is 0 Å². The zero-order chi connectivity index (χ0) is 30.0. The minimum Gasteiger partial charge on any atom is -0.463 e. The van der Waals surface area contributed by atoms with E-state index in [0.717, 1.165) is 44.9 Å². The van der Waals surface area contributed by atoms with Gasteiger partial charge in [0, 0.05) is 6.42 Å². The predicted octanol–water partition coefficient (Wildman–Crippen LogP) is 2.02. The van der Waals surface area contributed by atoms with Gasteiger partial charge in [-0.15, -0.1) is 0 Å². The lowest BCUT2D eigenvalue weighted by molar-refractivity contribution is -0.220. The summed E-state index contributed by atoms with van der Waals surface area (Å²) in [5, 5.41) is 58.5. The molecule has 0 bridgehead atoms. The fourth-order valence-corrected chi connectivity index (χ4v) is 5.05. The van der Waals surface area contributed by atoms with Gasteiger partial charge in [0.2, 0.25) is 0 Å². The maximum atomic E-state index is 12.1. The molecule has 0 amide bonds. The summed E-state index contributed by atoms with van der Waals surface area (Å²) in [5.74, 6) is -0.525. The second kappa shape index (κ2) is 20.7. The van der Waals surface area contributed by atoms with Gasteiger partial charge >= 0.3 is 13.8 Å². The van der Waals surface area contributed by atoms with E-state index in [1.165, 1.54) is 19.3 Å². The van der Waals surface area contributed by atoms with Crippen LogP contribution in [0.1, 0.15) is 84.0 Å². The number of esters is 1. The Labute approximate surface area is 236 Å². The average molecular weight is 597 g/mol. The van der Waals surface area contributed by atoms with Crippen molar-refractivity contribution in [2.75, 3.05) is 13.2 Å². The van der Waals surface area contributed by atoms with Crippen LogP contribution in [0.5, 0.6) is 0 Å². The first-order valence-corrected chi connectivity index (χ1v) is 15.7. The number of phosphoric ester groups is 1. The quantitative estimate of drug-likeness (QED) is 0.0440. The number of rotatable bonds is 21. The van der Waals surface area contributed by atoms with Crippen molar-refractivity contribution in [3.63, 3.8) is 0 Å². The van der Waals surface area contributed by atoms with E-state index in [1.54, 1.807) is 0 Å². The van der Waals surface area contributed by atoms with Crippen LogP contribution in [0.2, 0.25) is 0 Å². The molecule has 0 heterocycles. The molecule has 0 saturated heterocycles. The van der Waals surface area contributed by atoms with Crippen LogP contribution in [0.25, 0.3) is 0 Å². The van der Waals surface area contributed by atoms with Gasteiger partial charge in [0.25, 0.3) is 0 Å². The second-order valence-corrected chi connectivity index (χ2v) is 11.5. The Morgan fingerprint density at radius 1 is 0.775 bits per heavy atom. The highest BCUT2D eigenvalue weighted by atomic mass is 31.2. The molecule has 1 rings (SSSR count). The first-order chi connectivity index (χ1) is 19.0. The molecule has 0 aromatic rings. The maximum Gasteiger partial charge on any atom is 0.472 e. The molecule has 0 radical (unpaired) electrons. The summed E-state index contributed by atoms with van der Waals surface area (Å²) in [5.41, 5.74) is 0. The Kier molecular flexibility index (Phi) is 19.0. The molecule has 0 aromatic carbocycles. The lowest BCUT2D eigenvalue weighted by Gasteiger charge is -2.41. The molecule has 13 heteroatoms. The molecule has 234 valence electrons. The van der Waals surface area contributed by atoms with Gasteiger partial charge in [-0.25, -0.2) is 4.57 Å². The number of phosphoric acid groups is 1. The molecule has 12 nitrogen and oxygen atoms in total.